The van der Waals surface area contributed by atoms with E-state index in [1.807, 2.05) is 0 Å². The average molecular weight is 471 g/mol. The molecule has 4 N–H and O–H groups in total. The number of fused-ring (bicyclic) bond motifs is 3. The monoisotopic (exact) mass is 471 g/mol. The minimum atomic E-state index is -2.71. The Balaban J connectivity index is 1.85. The van der Waals surface area contributed by atoms with Crippen molar-refractivity contribution in [3.63, 3.8) is 0 Å². The smallest absolute Gasteiger partial charge is 0.263 e. The number of pyridine rings is 1. The molecule has 34 heavy (non-hydrogen) atoms. The Morgan fingerprint density at radius 2 is 1.71 bits per heavy atom. The van der Waals surface area contributed by atoms with E-state index in [9.17, 15) is 29.2 Å². The van der Waals surface area contributed by atoms with E-state index in [-0.39, 0.29) is 28.2 Å². The van der Waals surface area contributed by atoms with Crippen molar-refractivity contribution < 1.29 is 38.7 Å². The second-order valence-corrected chi connectivity index (χ2v) is 8.57. The van der Waals surface area contributed by atoms with Gasteiger partial charge in [-0.2, -0.15) is 0 Å². The molecule has 2 heterocycles. The van der Waals surface area contributed by atoms with Gasteiger partial charge in [0.05, 0.1) is 37.1 Å². The zero-order valence-electron chi connectivity index (χ0n) is 18.0. The summed E-state index contributed by atoms with van der Waals surface area (Å²) in [4.78, 5) is 4.08. The van der Waals surface area contributed by atoms with Crippen LogP contribution in [0.1, 0.15) is 34.6 Å². The van der Waals surface area contributed by atoms with Crippen LogP contribution in [0, 0.1) is 5.92 Å². The Kier molecular flexibility index (Phi) is 5.33. The molecule has 2 aliphatic rings. The third-order valence-electron chi connectivity index (χ3n) is 7.02. The quantitative estimate of drug-likeness (QED) is 0.423. The molecule has 3 aromatic rings. The van der Waals surface area contributed by atoms with Crippen LogP contribution in [-0.2, 0) is 11.2 Å². The molecule has 0 amide bonds. The van der Waals surface area contributed by atoms with Gasteiger partial charge in [0.25, 0.3) is 6.43 Å². The Bertz CT molecular complexity index is 1190. The summed E-state index contributed by atoms with van der Waals surface area (Å²) in [6, 6.07) is 13.9. The first-order valence-corrected chi connectivity index (χ1v) is 10.7. The van der Waals surface area contributed by atoms with Gasteiger partial charge in [0.15, 0.2) is 17.5 Å². The summed E-state index contributed by atoms with van der Waals surface area (Å²) in [6.45, 7) is 0. The van der Waals surface area contributed by atoms with Gasteiger partial charge >= 0.3 is 0 Å². The first-order valence-electron chi connectivity index (χ1n) is 10.7. The second-order valence-electron chi connectivity index (χ2n) is 8.57. The molecule has 1 aromatic heterocycles. The van der Waals surface area contributed by atoms with Crippen LogP contribution < -0.4 is 9.47 Å². The van der Waals surface area contributed by atoms with E-state index in [1.165, 1.54) is 43.8 Å². The molecule has 1 aliphatic carbocycles. The van der Waals surface area contributed by atoms with Gasteiger partial charge < -0.3 is 29.9 Å². The highest BCUT2D eigenvalue weighted by atomic mass is 19.3. The molecule has 7 nitrogen and oxygen atoms in total. The summed E-state index contributed by atoms with van der Waals surface area (Å²) in [5, 5.41) is 44.6. The predicted octanol–water partition coefficient (Wildman–Crippen LogP) is 2.59. The molecule has 0 radical (unpaired) electrons. The molecule has 0 bridgehead atoms. The van der Waals surface area contributed by atoms with E-state index < -0.39 is 41.9 Å². The molecule has 1 fully saturated rings. The summed E-state index contributed by atoms with van der Waals surface area (Å²) in [6.07, 6.45) is -3.76. The maximum Gasteiger partial charge on any atom is 0.263 e. The van der Waals surface area contributed by atoms with E-state index in [0.717, 1.165) is 0 Å². The number of hydrogen-bond donors (Lipinski definition) is 4. The van der Waals surface area contributed by atoms with Crippen molar-refractivity contribution in [1.82, 2.24) is 4.98 Å². The SMILES string of the molecule is COc1cncc2c1[C@]1(O)[C@H](O)[C@H](C(O)O)[C@@H](c3ccccc3)[C@]1(c1ccc(C(F)F)cc1)O2. The zero-order chi connectivity index (χ0) is 24.3. The highest BCUT2D eigenvalue weighted by Gasteiger charge is 2.77. The number of benzene rings is 2. The number of rotatable bonds is 5. The van der Waals surface area contributed by atoms with Crippen molar-refractivity contribution in [3.8, 4) is 11.5 Å². The van der Waals surface area contributed by atoms with Crippen molar-refractivity contribution in [3.05, 3.63) is 89.2 Å². The fourth-order valence-corrected chi connectivity index (χ4v) is 5.66. The molecule has 5 atom stereocenters. The van der Waals surface area contributed by atoms with Crippen molar-refractivity contribution in [2.45, 2.75) is 35.9 Å². The van der Waals surface area contributed by atoms with Crippen LogP contribution in [0.2, 0.25) is 0 Å². The second kappa shape index (κ2) is 7.99. The normalized spacial score (nSPS) is 29.7. The van der Waals surface area contributed by atoms with Crippen molar-refractivity contribution >= 4 is 0 Å². The zero-order valence-corrected chi connectivity index (χ0v) is 18.0. The van der Waals surface area contributed by atoms with E-state index >= 15 is 0 Å². The molecule has 0 unspecified atom stereocenters. The summed E-state index contributed by atoms with van der Waals surface area (Å²) >= 11 is 0. The molecular weight excluding hydrogens is 448 g/mol. The van der Waals surface area contributed by atoms with Crippen molar-refractivity contribution in [1.29, 1.82) is 0 Å². The minimum Gasteiger partial charge on any atom is -0.495 e. The Morgan fingerprint density at radius 1 is 1.03 bits per heavy atom. The van der Waals surface area contributed by atoms with Crippen LogP contribution >= 0.6 is 0 Å². The predicted molar refractivity (Wildman–Crippen MR) is 115 cm³/mol. The standard InChI is InChI=1S/C25H23F2NO6/c1-33-16-11-28-12-17-20(16)24(32)21(29)18(23(30)31)19(13-5-3-2-4-6-13)25(24,34-17)15-9-7-14(8-10-15)22(26)27/h2-12,18-19,21-23,29-32H,1H3/t18-,19-,21-,24+,25+/m1/s1. The lowest BCUT2D eigenvalue weighted by molar-refractivity contribution is -0.165. The molecule has 1 saturated carbocycles. The number of alkyl halides is 2. The minimum absolute atomic E-state index is 0.0968. The molecule has 5 rings (SSSR count). The van der Waals surface area contributed by atoms with Gasteiger partial charge in [-0.05, 0) is 11.1 Å². The van der Waals surface area contributed by atoms with Gasteiger partial charge in [-0.25, -0.2) is 8.78 Å². The Morgan fingerprint density at radius 3 is 2.29 bits per heavy atom. The molecule has 0 spiro atoms. The van der Waals surface area contributed by atoms with E-state index in [2.05, 4.69) is 4.98 Å². The topological polar surface area (TPSA) is 112 Å². The van der Waals surface area contributed by atoms with Crippen molar-refractivity contribution in [2.24, 2.45) is 5.92 Å². The van der Waals surface area contributed by atoms with Crippen molar-refractivity contribution in [2.75, 3.05) is 7.11 Å². The van der Waals surface area contributed by atoms with Gasteiger partial charge in [-0.15, -0.1) is 0 Å². The first-order chi connectivity index (χ1) is 16.3. The van der Waals surface area contributed by atoms with E-state index in [4.69, 9.17) is 9.47 Å². The number of aromatic nitrogens is 1. The third-order valence-corrected chi connectivity index (χ3v) is 7.02. The molecule has 9 heteroatoms. The number of aliphatic hydroxyl groups is 4. The number of aliphatic hydroxyl groups excluding tert-OH is 2. The molecular formula is C25H23F2NO6. The summed E-state index contributed by atoms with van der Waals surface area (Å²) < 4.78 is 38.4. The fourth-order valence-electron chi connectivity index (χ4n) is 5.66. The third kappa shape index (κ3) is 2.84. The number of nitrogens with zero attached hydrogens (tertiary/aromatic N) is 1. The maximum atomic E-state index is 13.3. The molecule has 178 valence electrons. The number of methoxy groups -OCH3 is 1. The molecule has 0 saturated heterocycles. The lowest BCUT2D eigenvalue weighted by atomic mass is 9.70. The molecule has 1 aliphatic heterocycles. The van der Waals surface area contributed by atoms with Crippen LogP contribution in [0.3, 0.4) is 0 Å². The number of ether oxygens (including phenoxy) is 2. The number of halogens is 2. The summed E-state index contributed by atoms with van der Waals surface area (Å²) in [5.41, 5.74) is -3.37. The van der Waals surface area contributed by atoms with E-state index in [1.54, 1.807) is 30.3 Å². The van der Waals surface area contributed by atoms with Crippen LogP contribution in [0.5, 0.6) is 11.5 Å². The Hall–Kier alpha value is -3.11. The van der Waals surface area contributed by atoms with Crippen LogP contribution in [0.4, 0.5) is 8.78 Å². The maximum absolute atomic E-state index is 13.3. The number of hydrogen-bond acceptors (Lipinski definition) is 7. The largest absolute Gasteiger partial charge is 0.495 e. The van der Waals surface area contributed by atoms with Gasteiger partial charge in [0.1, 0.15) is 11.5 Å². The highest BCUT2D eigenvalue weighted by molar-refractivity contribution is 5.59. The highest BCUT2D eigenvalue weighted by Crippen LogP contribution is 2.70. The lowest BCUT2D eigenvalue weighted by Crippen LogP contribution is -2.52. The van der Waals surface area contributed by atoms with Gasteiger partial charge in [0.2, 0.25) is 0 Å². The van der Waals surface area contributed by atoms with Gasteiger partial charge in [-0.3, -0.25) is 4.98 Å². The van der Waals surface area contributed by atoms with Gasteiger partial charge in [0, 0.05) is 11.5 Å². The van der Waals surface area contributed by atoms with Crippen LogP contribution in [0.15, 0.2) is 67.0 Å². The Labute approximate surface area is 193 Å². The van der Waals surface area contributed by atoms with E-state index in [0.29, 0.717) is 5.56 Å². The summed E-state index contributed by atoms with van der Waals surface area (Å²) in [5.74, 6) is -2.04. The fraction of sp³-hybridized carbons (Fsp3) is 0.320. The van der Waals surface area contributed by atoms with Crippen LogP contribution in [-0.4, -0.2) is 44.9 Å². The van der Waals surface area contributed by atoms with Crippen LogP contribution in [0.25, 0.3) is 0 Å². The van der Waals surface area contributed by atoms with Gasteiger partial charge in [-0.1, -0.05) is 54.6 Å². The average Bonchev–Trinajstić information content (AvgIpc) is 3.23. The molecule has 2 aromatic carbocycles. The lowest BCUT2D eigenvalue weighted by Gasteiger charge is -2.41. The first kappa shape index (κ1) is 22.7. The summed E-state index contributed by atoms with van der Waals surface area (Å²) in [7, 11) is 1.37.